The first kappa shape index (κ1) is 10.8. The molecule has 1 aromatic heterocycles. The fraction of sp³-hybridized carbons (Fsp3) is 0.250. The van der Waals surface area contributed by atoms with Crippen LogP contribution in [0.2, 0.25) is 0 Å². The first-order valence-electron chi connectivity index (χ1n) is 5.71. The molecule has 0 unspecified atom stereocenters. The Morgan fingerprint density at radius 2 is 2.17 bits per heavy atom. The molecule has 0 aliphatic carbocycles. The average molecular weight is 242 g/mol. The van der Waals surface area contributed by atoms with Crippen molar-refractivity contribution < 1.29 is 0 Å². The van der Waals surface area contributed by atoms with Crippen LogP contribution in [0.1, 0.15) is 13.8 Å². The van der Waals surface area contributed by atoms with E-state index in [4.69, 9.17) is 5.73 Å². The predicted octanol–water partition coefficient (Wildman–Crippen LogP) is 0.941. The summed E-state index contributed by atoms with van der Waals surface area (Å²) < 4.78 is 1.68. The van der Waals surface area contributed by atoms with E-state index >= 15 is 0 Å². The molecule has 6 heteroatoms. The number of fused-ring (bicyclic) bond motifs is 1. The van der Waals surface area contributed by atoms with Gasteiger partial charge in [0.1, 0.15) is 12.7 Å². The second-order valence-corrected chi connectivity index (χ2v) is 4.37. The molecule has 3 heterocycles. The Morgan fingerprint density at radius 3 is 2.89 bits per heavy atom. The molecule has 1 aromatic rings. The number of amidine groups is 1. The average Bonchev–Trinajstić information content (AvgIpc) is 2.88. The van der Waals surface area contributed by atoms with Crippen molar-refractivity contribution in [1.29, 1.82) is 0 Å². The molecule has 0 amide bonds. The molecule has 0 spiro atoms. The third-order valence-electron chi connectivity index (χ3n) is 3.18. The number of aromatic nitrogens is 3. The van der Waals surface area contributed by atoms with Crippen molar-refractivity contribution in [1.82, 2.24) is 19.7 Å². The summed E-state index contributed by atoms with van der Waals surface area (Å²) in [5, 5.41) is 4.11. The maximum Gasteiger partial charge on any atom is 0.156 e. The summed E-state index contributed by atoms with van der Waals surface area (Å²) in [4.78, 5) is 10.4. The van der Waals surface area contributed by atoms with Crippen molar-refractivity contribution in [3.63, 3.8) is 0 Å². The normalized spacial score (nSPS) is 19.2. The molecule has 0 saturated carbocycles. The topological polar surface area (TPSA) is 72.3 Å². The Kier molecular flexibility index (Phi) is 2.29. The van der Waals surface area contributed by atoms with E-state index in [1.165, 1.54) is 11.9 Å². The molecule has 18 heavy (non-hydrogen) atoms. The van der Waals surface area contributed by atoms with Crippen LogP contribution in [0, 0.1) is 0 Å². The van der Waals surface area contributed by atoms with E-state index in [0.717, 1.165) is 17.2 Å². The monoisotopic (exact) mass is 242 g/mol. The van der Waals surface area contributed by atoms with Gasteiger partial charge in [0, 0.05) is 11.9 Å². The molecule has 92 valence electrons. The smallest absolute Gasteiger partial charge is 0.156 e. The van der Waals surface area contributed by atoms with Crippen molar-refractivity contribution >= 4 is 11.5 Å². The summed E-state index contributed by atoms with van der Waals surface area (Å²) in [5.41, 5.74) is 9.98. The van der Waals surface area contributed by atoms with Gasteiger partial charge in [0.15, 0.2) is 5.84 Å². The predicted molar refractivity (Wildman–Crippen MR) is 69.1 cm³/mol. The van der Waals surface area contributed by atoms with E-state index in [1.54, 1.807) is 11.0 Å². The van der Waals surface area contributed by atoms with Crippen LogP contribution in [0.15, 0.2) is 46.9 Å². The van der Waals surface area contributed by atoms with Crippen LogP contribution in [0.3, 0.4) is 0 Å². The molecule has 2 aliphatic heterocycles. The number of allylic oxidation sites excluding steroid dienone is 3. The number of rotatable bonds is 1. The standard InChI is InChI=1S/C12H14N6/c1-8-4-15-12-11(13)3-10(5-17(12)9(8)2)18-7-14-6-16-18/h3,5-7H,4,13H2,1-2H3. The minimum Gasteiger partial charge on any atom is -0.396 e. The Morgan fingerprint density at radius 1 is 1.33 bits per heavy atom. The summed E-state index contributed by atoms with van der Waals surface area (Å²) >= 11 is 0. The molecule has 3 rings (SSSR count). The van der Waals surface area contributed by atoms with Gasteiger partial charge >= 0.3 is 0 Å². The van der Waals surface area contributed by atoms with Crippen LogP contribution < -0.4 is 5.73 Å². The van der Waals surface area contributed by atoms with Gasteiger partial charge in [-0.1, -0.05) is 0 Å². The van der Waals surface area contributed by atoms with Crippen LogP contribution in [0.4, 0.5) is 0 Å². The Labute approximate surface area is 105 Å². The molecule has 0 fully saturated rings. The maximum absolute atomic E-state index is 6.06. The van der Waals surface area contributed by atoms with Gasteiger partial charge in [-0.2, -0.15) is 5.10 Å². The van der Waals surface area contributed by atoms with Gasteiger partial charge in [0.25, 0.3) is 0 Å². The van der Waals surface area contributed by atoms with Crippen LogP contribution in [0.25, 0.3) is 5.70 Å². The highest BCUT2D eigenvalue weighted by molar-refractivity contribution is 6.03. The largest absolute Gasteiger partial charge is 0.396 e. The van der Waals surface area contributed by atoms with E-state index in [-0.39, 0.29) is 0 Å². The molecule has 0 saturated heterocycles. The lowest BCUT2D eigenvalue weighted by molar-refractivity contribution is 0.640. The quantitative estimate of drug-likeness (QED) is 0.795. The summed E-state index contributed by atoms with van der Waals surface area (Å²) in [5.74, 6) is 0.807. The molecule has 0 bridgehead atoms. The summed E-state index contributed by atoms with van der Waals surface area (Å²) in [6.07, 6.45) is 6.98. The highest BCUT2D eigenvalue weighted by Crippen LogP contribution is 2.25. The number of hydrogen-bond donors (Lipinski definition) is 1. The SMILES string of the molecule is CC1=C(C)N2C=C(n3cncn3)C=C(N)C2=NC1. The highest BCUT2D eigenvalue weighted by atomic mass is 15.3. The van der Waals surface area contributed by atoms with E-state index < -0.39 is 0 Å². The van der Waals surface area contributed by atoms with Crippen molar-refractivity contribution in [2.24, 2.45) is 10.7 Å². The zero-order chi connectivity index (χ0) is 12.7. The van der Waals surface area contributed by atoms with Gasteiger partial charge in [0.05, 0.1) is 17.9 Å². The second-order valence-electron chi connectivity index (χ2n) is 4.37. The first-order chi connectivity index (χ1) is 8.66. The maximum atomic E-state index is 6.06. The van der Waals surface area contributed by atoms with Gasteiger partial charge in [-0.3, -0.25) is 4.99 Å². The van der Waals surface area contributed by atoms with Crippen LogP contribution >= 0.6 is 0 Å². The van der Waals surface area contributed by atoms with Crippen LogP contribution in [-0.4, -0.2) is 32.0 Å². The van der Waals surface area contributed by atoms with E-state index in [2.05, 4.69) is 28.9 Å². The third-order valence-corrected chi connectivity index (χ3v) is 3.18. The van der Waals surface area contributed by atoms with Crippen LogP contribution in [0.5, 0.6) is 0 Å². The van der Waals surface area contributed by atoms with E-state index in [1.807, 2.05) is 17.2 Å². The lowest BCUT2D eigenvalue weighted by Crippen LogP contribution is -2.35. The van der Waals surface area contributed by atoms with Gasteiger partial charge in [-0.25, -0.2) is 9.67 Å². The van der Waals surface area contributed by atoms with Gasteiger partial charge in [-0.15, -0.1) is 0 Å². The molecular formula is C12H14N6. The molecule has 0 atom stereocenters. The Hall–Kier alpha value is -2.37. The Balaban J connectivity index is 2.08. The molecule has 0 radical (unpaired) electrons. The number of nitrogens with zero attached hydrogens (tertiary/aromatic N) is 5. The third kappa shape index (κ3) is 1.54. The number of aliphatic imine (C=N–C) groups is 1. The summed E-state index contributed by atoms with van der Waals surface area (Å²) in [6.45, 7) is 4.85. The van der Waals surface area contributed by atoms with Gasteiger partial charge in [-0.05, 0) is 25.5 Å². The highest BCUT2D eigenvalue weighted by Gasteiger charge is 2.24. The lowest BCUT2D eigenvalue weighted by atomic mass is 10.1. The molecule has 2 aliphatic rings. The summed E-state index contributed by atoms with van der Waals surface area (Å²) in [7, 11) is 0. The van der Waals surface area contributed by atoms with Gasteiger partial charge < -0.3 is 10.6 Å². The molecule has 0 aromatic carbocycles. The van der Waals surface area contributed by atoms with E-state index in [0.29, 0.717) is 12.2 Å². The minimum atomic E-state index is 0.648. The first-order valence-corrected chi connectivity index (χ1v) is 5.71. The van der Waals surface area contributed by atoms with Crippen molar-refractivity contribution in [3.8, 4) is 0 Å². The minimum absolute atomic E-state index is 0.648. The van der Waals surface area contributed by atoms with Crippen molar-refractivity contribution in [2.75, 3.05) is 6.54 Å². The van der Waals surface area contributed by atoms with Crippen LogP contribution in [-0.2, 0) is 0 Å². The zero-order valence-electron chi connectivity index (χ0n) is 10.3. The number of nitrogens with two attached hydrogens (primary N) is 1. The molecule has 6 nitrogen and oxygen atoms in total. The van der Waals surface area contributed by atoms with Crippen molar-refractivity contribution in [3.05, 3.63) is 41.9 Å². The molecular weight excluding hydrogens is 228 g/mol. The summed E-state index contributed by atoms with van der Waals surface area (Å²) in [6, 6.07) is 0. The molecule has 2 N–H and O–H groups in total. The van der Waals surface area contributed by atoms with E-state index in [9.17, 15) is 0 Å². The zero-order valence-corrected chi connectivity index (χ0v) is 10.3. The fourth-order valence-electron chi connectivity index (χ4n) is 2.00. The Bertz CT molecular complexity index is 603. The lowest BCUT2D eigenvalue weighted by Gasteiger charge is -2.31. The fourth-order valence-corrected chi connectivity index (χ4v) is 2.00. The second kappa shape index (κ2) is 3.83. The van der Waals surface area contributed by atoms with Crippen molar-refractivity contribution in [2.45, 2.75) is 13.8 Å². The van der Waals surface area contributed by atoms with Gasteiger partial charge in [0.2, 0.25) is 0 Å². The number of hydrogen-bond acceptors (Lipinski definition) is 5.